The molecule has 10 nitrogen and oxygen atoms in total. The first-order chi connectivity index (χ1) is 17.5. The highest BCUT2D eigenvalue weighted by molar-refractivity contribution is 6.68. The average molecular weight is 576 g/mol. The molecule has 214 valence electrons. The van der Waals surface area contributed by atoms with Gasteiger partial charge in [-0.2, -0.15) is 0 Å². The van der Waals surface area contributed by atoms with Gasteiger partial charge >= 0.3 is 11.9 Å². The van der Waals surface area contributed by atoms with Crippen molar-refractivity contribution in [2.24, 2.45) is 17.1 Å². The van der Waals surface area contributed by atoms with Gasteiger partial charge in [0.2, 0.25) is 0 Å². The minimum atomic E-state index is -1.82. The van der Waals surface area contributed by atoms with Crippen LogP contribution in [0.3, 0.4) is 0 Å². The van der Waals surface area contributed by atoms with Crippen molar-refractivity contribution in [1.29, 1.82) is 0 Å². The maximum atomic E-state index is 10.6. The molecule has 0 spiro atoms. The molecule has 0 bridgehead atoms. The fourth-order valence-corrected chi connectivity index (χ4v) is 2.15. The summed E-state index contributed by atoms with van der Waals surface area (Å²) >= 11 is 10.5. The van der Waals surface area contributed by atoms with Crippen LogP contribution in [0.1, 0.15) is 66.0 Å². The van der Waals surface area contributed by atoms with Gasteiger partial charge < -0.3 is 10.2 Å². The summed E-state index contributed by atoms with van der Waals surface area (Å²) in [7, 11) is 0. The zero-order valence-corrected chi connectivity index (χ0v) is 24.2. The third-order valence-corrected chi connectivity index (χ3v) is 4.17. The maximum absolute atomic E-state index is 10.6. The summed E-state index contributed by atoms with van der Waals surface area (Å²) in [6.45, 7) is 14.1. The van der Waals surface area contributed by atoms with Gasteiger partial charge in [0.1, 0.15) is 0 Å². The Hall–Kier alpha value is -2.86. The first kappa shape index (κ1) is 39.6. The molecule has 8 N–H and O–H groups in total. The number of nitrogens with two attached hydrogens (primary N) is 2. The van der Waals surface area contributed by atoms with Crippen LogP contribution in [0.25, 0.3) is 0 Å². The van der Waals surface area contributed by atoms with E-state index in [0.717, 1.165) is 30.6 Å². The van der Waals surface area contributed by atoms with Crippen molar-refractivity contribution in [3.05, 3.63) is 70.8 Å². The van der Waals surface area contributed by atoms with Crippen LogP contribution in [0.2, 0.25) is 0 Å². The summed E-state index contributed by atoms with van der Waals surface area (Å²) in [4.78, 5) is 39.3. The van der Waals surface area contributed by atoms with Gasteiger partial charge in [-0.15, -0.1) is 0 Å². The molecule has 0 aliphatic rings. The number of halogens is 2. The molecule has 38 heavy (non-hydrogen) atoms. The number of hydrogen-bond acceptors (Lipinski definition) is 8. The van der Waals surface area contributed by atoms with Crippen molar-refractivity contribution >= 4 is 45.6 Å². The predicted octanol–water partition coefficient (Wildman–Crippen LogP) is 4.26. The molecule has 0 fully saturated rings. The van der Waals surface area contributed by atoms with Crippen molar-refractivity contribution < 1.29 is 29.4 Å². The highest BCUT2D eigenvalue weighted by Crippen LogP contribution is 2.09. The van der Waals surface area contributed by atoms with E-state index in [0.29, 0.717) is 16.5 Å². The molecule has 0 heterocycles. The van der Waals surface area contributed by atoms with Crippen molar-refractivity contribution in [2.45, 2.75) is 48.0 Å². The monoisotopic (exact) mass is 574 g/mol. The smallest absolute Gasteiger partial charge is 0.414 e. The quantitative estimate of drug-likeness (QED) is 0.130. The Balaban J connectivity index is -0.000000415. The standard InChI is InChI=1S/2C8H7ClO.C5H14N2.C3H10N2.C2H2O4/c1-6-2-4-7(5-3-6)8(9)10;1-6-3-2-4-7(5-6)8(9)10;1-5(2,3)4-7-6;1-2-3-5-4;3-1(4)2(5)6/h2*2-5H,1H3;7H,4,6H2,1-3H3;5H,2-4H2,1H3;(H,3,4)(H,5,6). The fraction of sp³-hybridized carbons (Fsp3) is 0.385. The van der Waals surface area contributed by atoms with Gasteiger partial charge in [0.05, 0.1) is 0 Å². The first-order valence-electron chi connectivity index (χ1n) is 11.4. The fourth-order valence-electron chi connectivity index (χ4n) is 1.90. The van der Waals surface area contributed by atoms with Crippen molar-refractivity contribution in [3.63, 3.8) is 0 Å². The van der Waals surface area contributed by atoms with Gasteiger partial charge in [0.25, 0.3) is 10.5 Å². The maximum Gasteiger partial charge on any atom is 0.414 e. The van der Waals surface area contributed by atoms with Gasteiger partial charge in [0.15, 0.2) is 0 Å². The highest BCUT2D eigenvalue weighted by atomic mass is 35.5. The summed E-state index contributed by atoms with van der Waals surface area (Å²) in [6, 6.07) is 14.3. The van der Waals surface area contributed by atoms with Crippen LogP contribution >= 0.6 is 23.2 Å². The van der Waals surface area contributed by atoms with Crippen LogP contribution < -0.4 is 22.5 Å². The summed E-state index contributed by atoms with van der Waals surface area (Å²) in [5.74, 6) is 6.31. The predicted molar refractivity (Wildman–Crippen MR) is 152 cm³/mol. The van der Waals surface area contributed by atoms with Crippen LogP contribution in [0.15, 0.2) is 48.5 Å². The van der Waals surface area contributed by atoms with E-state index in [1.165, 1.54) is 0 Å². The largest absolute Gasteiger partial charge is 0.473 e. The summed E-state index contributed by atoms with van der Waals surface area (Å²) in [6.07, 6.45) is 1.11. The lowest BCUT2D eigenvalue weighted by Crippen LogP contribution is -2.31. The van der Waals surface area contributed by atoms with Gasteiger partial charge in [-0.25, -0.2) is 9.59 Å². The van der Waals surface area contributed by atoms with Crippen LogP contribution in [-0.4, -0.2) is 45.7 Å². The number of benzene rings is 2. The first-order valence-corrected chi connectivity index (χ1v) is 12.1. The van der Waals surface area contributed by atoms with Crippen LogP contribution in [0.5, 0.6) is 0 Å². The molecular weight excluding hydrogens is 535 g/mol. The molecule has 0 saturated heterocycles. The summed E-state index contributed by atoms with van der Waals surface area (Å²) < 4.78 is 0. The van der Waals surface area contributed by atoms with Crippen molar-refractivity contribution in [2.75, 3.05) is 13.1 Å². The summed E-state index contributed by atoms with van der Waals surface area (Å²) in [5, 5.41) is 14.0. The molecule has 0 atom stereocenters. The average Bonchev–Trinajstić information content (AvgIpc) is 2.81. The Morgan fingerprint density at radius 3 is 1.47 bits per heavy atom. The van der Waals surface area contributed by atoms with Crippen molar-refractivity contribution in [3.8, 4) is 0 Å². The normalized spacial score (nSPS) is 9.42. The molecule has 0 amide bonds. The van der Waals surface area contributed by atoms with E-state index < -0.39 is 22.4 Å². The second kappa shape index (κ2) is 23.3. The SMILES string of the molecule is CC(C)(C)CNN.CCCNN.Cc1ccc(C(=O)Cl)cc1.Cc1cccc(C(=O)Cl)c1.O=C(O)C(=O)O. The number of rotatable bonds is 5. The number of hydrazine groups is 2. The second-order valence-electron chi connectivity index (χ2n) is 8.79. The third kappa shape index (κ3) is 27.7. The molecule has 2 aromatic carbocycles. The van der Waals surface area contributed by atoms with Gasteiger partial charge in [-0.05, 0) is 67.1 Å². The minimum Gasteiger partial charge on any atom is -0.473 e. The Labute approximate surface area is 234 Å². The third-order valence-electron chi connectivity index (χ3n) is 3.73. The van der Waals surface area contributed by atoms with E-state index in [9.17, 15) is 9.59 Å². The van der Waals surface area contributed by atoms with E-state index >= 15 is 0 Å². The minimum absolute atomic E-state index is 0.314. The molecule has 2 rings (SSSR count). The number of carboxylic acid groups (broad SMARTS) is 2. The number of aliphatic carboxylic acids is 2. The Morgan fingerprint density at radius 1 is 0.789 bits per heavy atom. The topological polar surface area (TPSA) is 185 Å². The van der Waals surface area contributed by atoms with Gasteiger partial charge in [-0.3, -0.25) is 32.1 Å². The van der Waals surface area contributed by atoms with Crippen molar-refractivity contribution in [1.82, 2.24) is 10.9 Å². The number of carbonyl (C=O) groups excluding carboxylic acids is 2. The van der Waals surface area contributed by atoms with E-state index in [1.807, 2.05) is 38.1 Å². The number of carboxylic acids is 2. The molecule has 0 aliphatic carbocycles. The Bertz CT molecular complexity index is 951. The molecule has 0 aliphatic heterocycles. The molecule has 0 saturated carbocycles. The lowest BCUT2D eigenvalue weighted by molar-refractivity contribution is -0.159. The van der Waals surface area contributed by atoms with Crippen LogP contribution in [0, 0.1) is 19.3 Å². The van der Waals surface area contributed by atoms with Crippen LogP contribution in [-0.2, 0) is 9.59 Å². The number of carbonyl (C=O) groups is 4. The highest BCUT2D eigenvalue weighted by Gasteiger charge is 2.06. The van der Waals surface area contributed by atoms with E-state index in [1.54, 1.807) is 24.3 Å². The van der Waals surface area contributed by atoms with Gasteiger partial charge in [-0.1, -0.05) is 69.2 Å². The Kier molecular flexibility index (Phi) is 24.3. The van der Waals surface area contributed by atoms with Crippen LogP contribution in [0.4, 0.5) is 0 Å². The Morgan fingerprint density at radius 2 is 1.26 bits per heavy atom. The lowest BCUT2D eigenvalue weighted by atomic mass is 9.98. The zero-order chi connectivity index (χ0) is 30.3. The molecule has 0 aromatic heterocycles. The second-order valence-corrected chi connectivity index (χ2v) is 9.48. The van der Waals surface area contributed by atoms with E-state index in [2.05, 4.69) is 38.5 Å². The molecule has 0 unspecified atom stereocenters. The number of hydrogen-bond donors (Lipinski definition) is 6. The zero-order valence-electron chi connectivity index (χ0n) is 22.7. The summed E-state index contributed by atoms with van der Waals surface area (Å²) in [5.41, 5.74) is 8.72. The lowest BCUT2D eigenvalue weighted by Gasteiger charge is -2.15. The van der Waals surface area contributed by atoms with E-state index in [4.69, 9.17) is 54.7 Å². The number of nitrogens with one attached hydrogen (secondary N) is 2. The van der Waals surface area contributed by atoms with Gasteiger partial charge in [0, 0.05) is 24.2 Å². The molecule has 12 heteroatoms. The molecule has 2 aromatic rings. The van der Waals surface area contributed by atoms with E-state index in [-0.39, 0.29) is 0 Å². The molecular formula is C26H40Cl2N4O6. The number of aryl methyl sites for hydroxylation is 2. The molecule has 0 radical (unpaired) electrons.